The van der Waals surface area contributed by atoms with Gasteiger partial charge in [-0.2, -0.15) is 0 Å². The predicted molar refractivity (Wildman–Crippen MR) is 60.9 cm³/mol. The zero-order valence-corrected chi connectivity index (χ0v) is 10.1. The van der Waals surface area contributed by atoms with Gasteiger partial charge in [-0.1, -0.05) is 0 Å². The molecule has 1 aliphatic heterocycles. The standard InChI is InChI=1S/C9H19N3O3S/c10-3-1-2-4-12-6-8(5-9(12)13)7-16(11,14)15/h8H,1-7,10H2,(H2,11,14,15). The van der Waals surface area contributed by atoms with Gasteiger partial charge in [0.1, 0.15) is 0 Å². The Kier molecular flexibility index (Phi) is 4.69. The summed E-state index contributed by atoms with van der Waals surface area (Å²) in [5.41, 5.74) is 5.36. The minimum atomic E-state index is -3.48. The van der Waals surface area contributed by atoms with Crippen LogP contribution in [0.4, 0.5) is 0 Å². The minimum absolute atomic E-state index is 0.0191. The van der Waals surface area contributed by atoms with Crippen LogP contribution in [0.15, 0.2) is 0 Å². The highest BCUT2D eigenvalue weighted by Gasteiger charge is 2.31. The van der Waals surface area contributed by atoms with Crippen LogP contribution in [0.3, 0.4) is 0 Å². The number of hydrogen-bond acceptors (Lipinski definition) is 4. The molecule has 1 fully saturated rings. The number of rotatable bonds is 6. The molecule has 0 aromatic rings. The third kappa shape index (κ3) is 4.46. The molecule has 1 heterocycles. The molecule has 94 valence electrons. The van der Waals surface area contributed by atoms with E-state index in [4.69, 9.17) is 10.9 Å². The number of carbonyl (C=O) groups excluding carboxylic acids is 1. The van der Waals surface area contributed by atoms with Gasteiger partial charge in [-0.25, -0.2) is 13.6 Å². The topological polar surface area (TPSA) is 106 Å². The van der Waals surface area contributed by atoms with Gasteiger partial charge in [0, 0.05) is 25.4 Å². The molecule has 1 aliphatic rings. The van der Waals surface area contributed by atoms with Gasteiger partial charge in [0.15, 0.2) is 0 Å². The van der Waals surface area contributed by atoms with E-state index in [0.29, 0.717) is 26.1 Å². The van der Waals surface area contributed by atoms with Crippen molar-refractivity contribution < 1.29 is 13.2 Å². The molecular formula is C9H19N3O3S. The van der Waals surface area contributed by atoms with Gasteiger partial charge in [0.05, 0.1) is 5.75 Å². The molecule has 0 bridgehead atoms. The van der Waals surface area contributed by atoms with Crippen molar-refractivity contribution in [2.45, 2.75) is 19.3 Å². The van der Waals surface area contributed by atoms with Crippen molar-refractivity contribution in [2.24, 2.45) is 16.8 Å². The third-order valence-corrected chi connectivity index (χ3v) is 3.58. The van der Waals surface area contributed by atoms with Crippen LogP contribution in [0, 0.1) is 5.92 Å². The van der Waals surface area contributed by atoms with E-state index >= 15 is 0 Å². The Labute approximate surface area is 96.0 Å². The number of likely N-dealkylation sites (tertiary alicyclic amines) is 1. The molecule has 1 amide bonds. The zero-order chi connectivity index (χ0) is 12.2. The van der Waals surface area contributed by atoms with Crippen molar-refractivity contribution in [2.75, 3.05) is 25.4 Å². The molecule has 0 radical (unpaired) electrons. The SMILES string of the molecule is NCCCCN1CC(CS(N)(=O)=O)CC1=O. The lowest BCUT2D eigenvalue weighted by Gasteiger charge is -2.15. The van der Waals surface area contributed by atoms with E-state index in [2.05, 4.69) is 0 Å². The second kappa shape index (κ2) is 5.60. The summed E-state index contributed by atoms with van der Waals surface area (Å²) in [6.45, 7) is 1.78. The lowest BCUT2D eigenvalue weighted by Crippen LogP contribution is -2.28. The van der Waals surface area contributed by atoms with E-state index < -0.39 is 10.0 Å². The van der Waals surface area contributed by atoms with Crippen LogP contribution in [-0.2, 0) is 14.8 Å². The number of sulfonamides is 1. The molecule has 7 heteroatoms. The Morgan fingerprint density at radius 3 is 2.62 bits per heavy atom. The third-order valence-electron chi connectivity index (χ3n) is 2.64. The molecule has 4 N–H and O–H groups in total. The number of nitrogens with two attached hydrogens (primary N) is 2. The van der Waals surface area contributed by atoms with Crippen molar-refractivity contribution in [1.82, 2.24) is 4.90 Å². The Hall–Kier alpha value is -0.660. The molecule has 0 saturated carbocycles. The first-order valence-corrected chi connectivity index (χ1v) is 7.12. The molecule has 16 heavy (non-hydrogen) atoms. The first-order valence-electron chi connectivity index (χ1n) is 5.40. The molecular weight excluding hydrogens is 230 g/mol. The fourth-order valence-corrected chi connectivity index (χ4v) is 2.84. The van der Waals surface area contributed by atoms with Crippen LogP contribution in [-0.4, -0.2) is 44.6 Å². The van der Waals surface area contributed by atoms with Gasteiger partial charge in [-0.05, 0) is 19.4 Å². The molecule has 0 aromatic carbocycles. The highest BCUT2D eigenvalue weighted by Crippen LogP contribution is 2.19. The van der Waals surface area contributed by atoms with E-state index in [1.165, 1.54) is 0 Å². The summed E-state index contributed by atoms with van der Waals surface area (Å²) in [6, 6.07) is 0. The summed E-state index contributed by atoms with van der Waals surface area (Å²) in [5.74, 6) is -0.238. The number of primary sulfonamides is 1. The highest BCUT2D eigenvalue weighted by molar-refractivity contribution is 7.89. The molecule has 6 nitrogen and oxygen atoms in total. The second-order valence-electron chi connectivity index (χ2n) is 4.24. The summed E-state index contributed by atoms with van der Waals surface area (Å²) in [7, 11) is -3.48. The van der Waals surface area contributed by atoms with Crippen molar-refractivity contribution in [3.63, 3.8) is 0 Å². The summed E-state index contributed by atoms with van der Waals surface area (Å²) in [5, 5.41) is 4.95. The van der Waals surface area contributed by atoms with E-state index in [-0.39, 0.29) is 17.6 Å². The summed E-state index contributed by atoms with van der Waals surface area (Å²) in [6.07, 6.45) is 2.03. The Morgan fingerprint density at radius 2 is 2.06 bits per heavy atom. The van der Waals surface area contributed by atoms with Crippen LogP contribution in [0.5, 0.6) is 0 Å². The van der Waals surface area contributed by atoms with Gasteiger partial charge >= 0.3 is 0 Å². The molecule has 0 aliphatic carbocycles. The van der Waals surface area contributed by atoms with Crippen LogP contribution >= 0.6 is 0 Å². The number of amides is 1. The number of carbonyl (C=O) groups is 1. The zero-order valence-electron chi connectivity index (χ0n) is 9.26. The Bertz CT molecular complexity index is 342. The van der Waals surface area contributed by atoms with Crippen LogP contribution in [0.25, 0.3) is 0 Å². The summed E-state index contributed by atoms with van der Waals surface area (Å²) in [4.78, 5) is 13.2. The fraction of sp³-hybridized carbons (Fsp3) is 0.889. The maximum absolute atomic E-state index is 11.5. The molecule has 0 spiro atoms. The quantitative estimate of drug-likeness (QED) is 0.580. The van der Waals surface area contributed by atoms with Crippen LogP contribution < -0.4 is 10.9 Å². The molecule has 1 atom stereocenters. The molecule has 0 aromatic heterocycles. The fourth-order valence-electron chi connectivity index (χ4n) is 1.96. The monoisotopic (exact) mass is 249 g/mol. The lowest BCUT2D eigenvalue weighted by molar-refractivity contribution is -0.127. The van der Waals surface area contributed by atoms with Gasteiger partial charge < -0.3 is 10.6 Å². The molecule has 1 rings (SSSR count). The number of hydrogen-bond donors (Lipinski definition) is 2. The summed E-state index contributed by atoms with van der Waals surface area (Å²) >= 11 is 0. The van der Waals surface area contributed by atoms with E-state index in [1.54, 1.807) is 4.90 Å². The van der Waals surface area contributed by atoms with Crippen molar-refractivity contribution >= 4 is 15.9 Å². The average Bonchev–Trinajstić information content (AvgIpc) is 2.44. The minimum Gasteiger partial charge on any atom is -0.342 e. The van der Waals surface area contributed by atoms with Gasteiger partial charge in [-0.3, -0.25) is 4.79 Å². The van der Waals surface area contributed by atoms with Crippen molar-refractivity contribution in [3.8, 4) is 0 Å². The van der Waals surface area contributed by atoms with Gasteiger partial charge in [0.25, 0.3) is 0 Å². The smallest absolute Gasteiger partial charge is 0.222 e. The van der Waals surface area contributed by atoms with Crippen LogP contribution in [0.1, 0.15) is 19.3 Å². The second-order valence-corrected chi connectivity index (χ2v) is 5.89. The number of unbranched alkanes of at least 4 members (excludes halogenated alkanes) is 1. The predicted octanol–water partition coefficient (Wildman–Crippen LogP) is -1.14. The Balaban J connectivity index is 2.38. The maximum atomic E-state index is 11.5. The summed E-state index contributed by atoms with van der Waals surface area (Å²) < 4.78 is 21.8. The first-order chi connectivity index (χ1) is 7.42. The van der Waals surface area contributed by atoms with Gasteiger partial charge in [-0.15, -0.1) is 0 Å². The average molecular weight is 249 g/mol. The first kappa shape index (κ1) is 13.4. The van der Waals surface area contributed by atoms with E-state index in [0.717, 1.165) is 12.8 Å². The largest absolute Gasteiger partial charge is 0.342 e. The van der Waals surface area contributed by atoms with Gasteiger partial charge in [0.2, 0.25) is 15.9 Å². The lowest BCUT2D eigenvalue weighted by atomic mass is 10.1. The van der Waals surface area contributed by atoms with E-state index in [9.17, 15) is 13.2 Å². The maximum Gasteiger partial charge on any atom is 0.222 e. The normalized spacial score (nSPS) is 21.8. The van der Waals surface area contributed by atoms with Crippen LogP contribution in [0.2, 0.25) is 0 Å². The highest BCUT2D eigenvalue weighted by atomic mass is 32.2. The van der Waals surface area contributed by atoms with E-state index in [1.807, 2.05) is 0 Å². The number of nitrogens with zero attached hydrogens (tertiary/aromatic N) is 1. The van der Waals surface area contributed by atoms with Crippen molar-refractivity contribution in [3.05, 3.63) is 0 Å². The molecule has 1 saturated heterocycles. The van der Waals surface area contributed by atoms with Crippen molar-refractivity contribution in [1.29, 1.82) is 0 Å². The Morgan fingerprint density at radius 1 is 1.38 bits per heavy atom. The molecule has 1 unspecified atom stereocenters.